The van der Waals surface area contributed by atoms with E-state index < -0.39 is 0 Å². The lowest BCUT2D eigenvalue weighted by Crippen LogP contribution is -2.15. The normalized spacial score (nSPS) is 10.8. The Labute approximate surface area is 152 Å². The molecule has 0 fully saturated rings. The van der Waals surface area contributed by atoms with Gasteiger partial charge in [0.25, 0.3) is 0 Å². The van der Waals surface area contributed by atoms with Crippen LogP contribution in [-0.2, 0) is 20.0 Å². The Morgan fingerprint density at radius 2 is 1.79 bits per heavy atom. The fraction of sp³-hybridized carbons (Fsp3) is 0.316. The fourth-order valence-corrected chi connectivity index (χ4v) is 3.63. The zero-order chi connectivity index (χ0) is 16.2. The lowest BCUT2D eigenvalue weighted by molar-refractivity contribution is 0.649. The summed E-state index contributed by atoms with van der Waals surface area (Å²) in [5.41, 5.74) is 4.95. The van der Waals surface area contributed by atoms with Gasteiger partial charge in [-0.2, -0.15) is 0 Å². The second-order valence-corrected chi connectivity index (χ2v) is 6.99. The number of hydrogen-bond acceptors (Lipinski definition) is 3. The maximum absolute atomic E-state index is 11.7. The second kappa shape index (κ2) is 8.47. The summed E-state index contributed by atoms with van der Waals surface area (Å²) in [4.78, 5) is 11.8. The van der Waals surface area contributed by atoms with E-state index in [2.05, 4.69) is 54.7 Å². The molecule has 0 spiro atoms. The van der Waals surface area contributed by atoms with E-state index >= 15 is 0 Å². The van der Waals surface area contributed by atoms with Crippen molar-refractivity contribution in [1.29, 1.82) is 0 Å². The molecule has 1 aromatic heterocycles. The van der Waals surface area contributed by atoms with Gasteiger partial charge in [0.1, 0.15) is 0 Å². The molecule has 0 unspecified atom stereocenters. The number of aromatic nitrogens is 1. The van der Waals surface area contributed by atoms with E-state index in [-0.39, 0.29) is 17.3 Å². The monoisotopic (exact) mass is 362 g/mol. The summed E-state index contributed by atoms with van der Waals surface area (Å²) in [6.07, 6.45) is 2.13. The van der Waals surface area contributed by atoms with Crippen LogP contribution in [0.1, 0.15) is 23.1 Å². The molecule has 3 aromatic rings. The molecular weight excluding hydrogens is 340 g/mol. The van der Waals surface area contributed by atoms with Crippen LogP contribution < -0.4 is 10.2 Å². The highest BCUT2D eigenvalue weighted by Crippen LogP contribution is 2.19. The van der Waals surface area contributed by atoms with Gasteiger partial charge in [-0.15, -0.1) is 12.4 Å². The van der Waals surface area contributed by atoms with Crippen molar-refractivity contribution >= 4 is 34.0 Å². The number of thiazole rings is 1. The molecule has 3 nitrogen and oxygen atoms in total. The van der Waals surface area contributed by atoms with Gasteiger partial charge in [-0.25, -0.2) is 0 Å². The third-order valence-corrected chi connectivity index (χ3v) is 5.12. The molecule has 0 aliphatic heterocycles. The van der Waals surface area contributed by atoms with Crippen LogP contribution in [-0.4, -0.2) is 11.1 Å². The first kappa shape index (κ1) is 18.7. The highest BCUT2D eigenvalue weighted by molar-refractivity contribution is 7.16. The van der Waals surface area contributed by atoms with Crippen LogP contribution in [0.5, 0.6) is 0 Å². The van der Waals surface area contributed by atoms with Crippen LogP contribution in [0.4, 0.5) is 0 Å². The molecule has 0 aliphatic carbocycles. The minimum atomic E-state index is 0. The number of halogens is 1. The molecule has 0 saturated carbocycles. The number of nitrogens with one attached hydrogen (secondary N) is 1. The molecule has 1 heterocycles. The predicted molar refractivity (Wildman–Crippen MR) is 106 cm³/mol. The number of aryl methyl sites for hydroxylation is 3. The molecule has 0 atom stereocenters. The van der Waals surface area contributed by atoms with Gasteiger partial charge in [0.15, 0.2) is 0 Å². The number of fused-ring (bicyclic) bond motifs is 1. The molecular formula is C19H23ClN2OS. The third-order valence-electron chi connectivity index (χ3n) is 4.13. The number of hydrogen-bond donors (Lipinski definition) is 1. The summed E-state index contributed by atoms with van der Waals surface area (Å²) in [6, 6.07) is 15.0. The summed E-state index contributed by atoms with van der Waals surface area (Å²) < 4.78 is 2.80. The van der Waals surface area contributed by atoms with Crippen molar-refractivity contribution in [3.63, 3.8) is 0 Å². The molecule has 128 valence electrons. The average Bonchev–Trinajstić information content (AvgIpc) is 2.83. The van der Waals surface area contributed by atoms with Gasteiger partial charge >= 0.3 is 4.87 Å². The van der Waals surface area contributed by atoms with Crippen molar-refractivity contribution in [2.75, 3.05) is 6.54 Å². The Hall–Kier alpha value is -1.62. The summed E-state index contributed by atoms with van der Waals surface area (Å²) in [5.74, 6) is 0. The van der Waals surface area contributed by atoms with E-state index in [1.54, 1.807) is 4.57 Å². The Morgan fingerprint density at radius 3 is 2.54 bits per heavy atom. The zero-order valence-electron chi connectivity index (χ0n) is 14.0. The maximum Gasteiger partial charge on any atom is 0.307 e. The van der Waals surface area contributed by atoms with Crippen LogP contribution in [0, 0.1) is 6.92 Å². The second-order valence-electron chi connectivity index (χ2n) is 5.99. The molecule has 0 radical (unpaired) electrons. The van der Waals surface area contributed by atoms with Crippen LogP contribution in [0.3, 0.4) is 0 Å². The Kier molecular flexibility index (Phi) is 6.60. The van der Waals surface area contributed by atoms with Crippen molar-refractivity contribution in [3.05, 3.63) is 68.8 Å². The molecule has 0 bridgehead atoms. The number of benzene rings is 2. The molecule has 0 amide bonds. The van der Waals surface area contributed by atoms with E-state index in [4.69, 9.17) is 0 Å². The minimum absolute atomic E-state index is 0. The standard InChI is InChI=1S/C19H22N2OS.ClH/c1-14-5-7-16(8-6-14)13-20-11-3-4-15-9-10-17-18(12-15)23-19(22)21(17)2;/h5-10,12,20H,3-4,11,13H2,1-2H3;1H. The van der Waals surface area contributed by atoms with Crippen molar-refractivity contribution in [2.24, 2.45) is 7.05 Å². The van der Waals surface area contributed by atoms with Gasteiger partial charge < -0.3 is 9.88 Å². The summed E-state index contributed by atoms with van der Waals surface area (Å²) in [6.45, 7) is 4.02. The van der Waals surface area contributed by atoms with Crippen LogP contribution in [0.25, 0.3) is 10.2 Å². The fourth-order valence-electron chi connectivity index (χ4n) is 2.69. The Bertz CT molecular complexity index is 852. The molecule has 2 aromatic carbocycles. The van der Waals surface area contributed by atoms with Gasteiger partial charge in [0.05, 0.1) is 10.2 Å². The number of nitrogens with zero attached hydrogens (tertiary/aromatic N) is 1. The van der Waals surface area contributed by atoms with E-state index in [0.717, 1.165) is 36.1 Å². The summed E-state index contributed by atoms with van der Waals surface area (Å²) in [7, 11) is 1.83. The average molecular weight is 363 g/mol. The van der Waals surface area contributed by atoms with Crippen LogP contribution in [0.15, 0.2) is 47.3 Å². The molecule has 0 saturated heterocycles. The van der Waals surface area contributed by atoms with Gasteiger partial charge in [-0.05, 0) is 49.6 Å². The Morgan fingerprint density at radius 1 is 1.08 bits per heavy atom. The molecule has 3 rings (SSSR count). The molecule has 0 aliphatic rings. The molecule has 24 heavy (non-hydrogen) atoms. The lowest BCUT2D eigenvalue weighted by atomic mass is 10.1. The highest BCUT2D eigenvalue weighted by atomic mass is 35.5. The highest BCUT2D eigenvalue weighted by Gasteiger charge is 2.04. The van der Waals surface area contributed by atoms with Crippen molar-refractivity contribution in [2.45, 2.75) is 26.3 Å². The Balaban J connectivity index is 0.00000208. The topological polar surface area (TPSA) is 34.0 Å². The number of rotatable bonds is 6. The van der Waals surface area contributed by atoms with E-state index in [9.17, 15) is 4.79 Å². The third kappa shape index (κ3) is 4.47. The van der Waals surface area contributed by atoms with Crippen molar-refractivity contribution in [3.8, 4) is 0 Å². The van der Waals surface area contributed by atoms with Crippen LogP contribution in [0.2, 0.25) is 0 Å². The van der Waals surface area contributed by atoms with Gasteiger partial charge in [0, 0.05) is 13.6 Å². The summed E-state index contributed by atoms with van der Waals surface area (Å²) >= 11 is 1.33. The van der Waals surface area contributed by atoms with E-state index in [0.29, 0.717) is 0 Å². The van der Waals surface area contributed by atoms with Crippen molar-refractivity contribution < 1.29 is 0 Å². The quantitative estimate of drug-likeness (QED) is 0.671. The van der Waals surface area contributed by atoms with Gasteiger partial charge in [-0.3, -0.25) is 4.79 Å². The lowest BCUT2D eigenvalue weighted by Gasteiger charge is -2.06. The maximum atomic E-state index is 11.7. The molecule has 1 N–H and O–H groups in total. The first-order valence-corrected chi connectivity index (χ1v) is 8.80. The van der Waals surface area contributed by atoms with Crippen molar-refractivity contribution in [1.82, 2.24) is 9.88 Å². The zero-order valence-corrected chi connectivity index (χ0v) is 15.7. The smallest absolute Gasteiger partial charge is 0.307 e. The molecule has 5 heteroatoms. The van der Waals surface area contributed by atoms with E-state index in [1.807, 2.05) is 7.05 Å². The van der Waals surface area contributed by atoms with E-state index in [1.165, 1.54) is 28.0 Å². The van der Waals surface area contributed by atoms with Crippen LogP contribution >= 0.6 is 23.7 Å². The minimum Gasteiger partial charge on any atom is -0.313 e. The summed E-state index contributed by atoms with van der Waals surface area (Å²) in [5, 5.41) is 3.49. The van der Waals surface area contributed by atoms with Gasteiger partial charge in [0.2, 0.25) is 0 Å². The largest absolute Gasteiger partial charge is 0.313 e. The first-order chi connectivity index (χ1) is 11.1. The predicted octanol–water partition coefficient (Wildman–Crippen LogP) is 4.05. The van der Waals surface area contributed by atoms with Gasteiger partial charge in [-0.1, -0.05) is 47.2 Å². The first-order valence-electron chi connectivity index (χ1n) is 7.98. The SMILES string of the molecule is Cc1ccc(CNCCCc2ccc3c(c2)sc(=O)n3C)cc1.Cl.